The van der Waals surface area contributed by atoms with Crippen LogP contribution in [0.3, 0.4) is 0 Å². The molecule has 1 rings (SSSR count). The van der Waals surface area contributed by atoms with E-state index in [1.165, 1.54) is 12.1 Å². The standard InChI is InChI=1S/C15H22N2O4/c1-10(2)15(3,4)9-16-8-11-6-5-7-12(17(20)21)13(11)14(18)19/h5-7,10,16H,8-9H2,1-4H3,(H,18,19). The molecule has 6 heteroatoms. The number of nitro groups is 1. The highest BCUT2D eigenvalue weighted by Crippen LogP contribution is 2.26. The molecule has 0 fully saturated rings. The largest absolute Gasteiger partial charge is 0.477 e. The molecule has 116 valence electrons. The number of carboxylic acids is 1. The van der Waals surface area contributed by atoms with Crippen molar-refractivity contribution in [3.8, 4) is 0 Å². The van der Waals surface area contributed by atoms with E-state index in [4.69, 9.17) is 0 Å². The second-order valence-electron chi connectivity index (χ2n) is 6.12. The number of benzene rings is 1. The first kappa shape index (κ1) is 17.1. The highest BCUT2D eigenvalue weighted by Gasteiger charge is 2.25. The minimum atomic E-state index is -1.28. The molecule has 0 spiro atoms. The number of hydrogen-bond donors (Lipinski definition) is 2. The van der Waals surface area contributed by atoms with Gasteiger partial charge in [-0.05, 0) is 16.9 Å². The molecule has 6 nitrogen and oxygen atoms in total. The molecule has 21 heavy (non-hydrogen) atoms. The van der Waals surface area contributed by atoms with Crippen LogP contribution in [0.25, 0.3) is 0 Å². The average Bonchev–Trinajstić information content (AvgIpc) is 2.37. The zero-order valence-corrected chi connectivity index (χ0v) is 12.8. The van der Waals surface area contributed by atoms with E-state index in [2.05, 4.69) is 33.0 Å². The Morgan fingerprint density at radius 3 is 2.52 bits per heavy atom. The predicted octanol–water partition coefficient (Wildman–Crippen LogP) is 3.06. The molecule has 2 N–H and O–H groups in total. The number of carboxylic acid groups (broad SMARTS) is 1. The number of rotatable bonds is 7. The predicted molar refractivity (Wildman–Crippen MR) is 80.4 cm³/mol. The lowest BCUT2D eigenvalue weighted by molar-refractivity contribution is -0.385. The lowest BCUT2D eigenvalue weighted by atomic mass is 9.81. The highest BCUT2D eigenvalue weighted by molar-refractivity contribution is 5.94. The fourth-order valence-electron chi connectivity index (χ4n) is 1.86. The lowest BCUT2D eigenvalue weighted by Gasteiger charge is -2.29. The van der Waals surface area contributed by atoms with Gasteiger partial charge in [-0.2, -0.15) is 0 Å². The number of hydrogen-bond acceptors (Lipinski definition) is 4. The van der Waals surface area contributed by atoms with Crippen molar-refractivity contribution in [3.05, 3.63) is 39.4 Å². The van der Waals surface area contributed by atoms with Gasteiger partial charge in [-0.3, -0.25) is 10.1 Å². The molecule has 0 aliphatic carbocycles. The first-order valence-electron chi connectivity index (χ1n) is 6.87. The molecule has 0 unspecified atom stereocenters. The number of nitrogens with one attached hydrogen (secondary N) is 1. The van der Waals surface area contributed by atoms with Crippen molar-refractivity contribution in [2.75, 3.05) is 6.54 Å². The molecule has 0 aliphatic rings. The number of nitro benzene ring substituents is 1. The van der Waals surface area contributed by atoms with E-state index in [-0.39, 0.29) is 16.7 Å². The van der Waals surface area contributed by atoms with E-state index in [0.717, 1.165) is 0 Å². The molecule has 1 aromatic carbocycles. The van der Waals surface area contributed by atoms with Crippen LogP contribution in [-0.4, -0.2) is 22.5 Å². The summed E-state index contributed by atoms with van der Waals surface area (Å²) >= 11 is 0. The van der Waals surface area contributed by atoms with Crippen LogP contribution in [0.2, 0.25) is 0 Å². The molecular weight excluding hydrogens is 272 g/mol. The molecule has 0 saturated heterocycles. The van der Waals surface area contributed by atoms with Crippen molar-refractivity contribution in [3.63, 3.8) is 0 Å². The van der Waals surface area contributed by atoms with E-state index in [9.17, 15) is 20.0 Å². The average molecular weight is 294 g/mol. The van der Waals surface area contributed by atoms with Crippen molar-refractivity contribution in [2.24, 2.45) is 11.3 Å². The molecule has 0 aromatic heterocycles. The number of aromatic carboxylic acids is 1. The first-order valence-corrected chi connectivity index (χ1v) is 6.87. The van der Waals surface area contributed by atoms with Crippen LogP contribution < -0.4 is 5.32 Å². The molecule has 0 atom stereocenters. The summed E-state index contributed by atoms with van der Waals surface area (Å²) in [6, 6.07) is 4.33. The fourth-order valence-corrected chi connectivity index (χ4v) is 1.86. The third-order valence-electron chi connectivity index (χ3n) is 4.00. The molecule has 1 aromatic rings. The van der Waals surface area contributed by atoms with Crippen molar-refractivity contribution in [1.82, 2.24) is 5.32 Å². The Labute approximate surface area is 124 Å². The molecule has 0 aliphatic heterocycles. The van der Waals surface area contributed by atoms with Crippen LogP contribution in [0.1, 0.15) is 43.6 Å². The quantitative estimate of drug-likeness (QED) is 0.595. The summed E-state index contributed by atoms with van der Waals surface area (Å²) < 4.78 is 0. The van der Waals surface area contributed by atoms with Crippen molar-refractivity contribution in [1.29, 1.82) is 0 Å². The van der Waals surface area contributed by atoms with Crippen LogP contribution in [0.15, 0.2) is 18.2 Å². The van der Waals surface area contributed by atoms with Gasteiger partial charge in [0.1, 0.15) is 5.56 Å². The highest BCUT2D eigenvalue weighted by atomic mass is 16.6. The molecule has 0 bridgehead atoms. The van der Waals surface area contributed by atoms with Gasteiger partial charge in [0.2, 0.25) is 0 Å². The van der Waals surface area contributed by atoms with Gasteiger partial charge in [-0.1, -0.05) is 39.8 Å². The zero-order valence-electron chi connectivity index (χ0n) is 12.8. The van der Waals surface area contributed by atoms with Gasteiger partial charge in [-0.15, -0.1) is 0 Å². The smallest absolute Gasteiger partial charge is 0.343 e. The van der Waals surface area contributed by atoms with Gasteiger partial charge in [0.15, 0.2) is 0 Å². The second kappa shape index (κ2) is 6.67. The maximum Gasteiger partial charge on any atom is 0.343 e. The molecular formula is C15H22N2O4. The lowest BCUT2D eigenvalue weighted by Crippen LogP contribution is -2.33. The summed E-state index contributed by atoms with van der Waals surface area (Å²) in [6.07, 6.45) is 0. The minimum Gasteiger partial charge on any atom is -0.477 e. The Bertz CT molecular complexity index is 538. The summed E-state index contributed by atoms with van der Waals surface area (Å²) in [6.45, 7) is 9.48. The summed E-state index contributed by atoms with van der Waals surface area (Å²) in [7, 11) is 0. The van der Waals surface area contributed by atoms with E-state index in [1.807, 2.05) is 0 Å². The Morgan fingerprint density at radius 2 is 2.05 bits per heavy atom. The number of nitrogens with zero attached hydrogens (tertiary/aromatic N) is 1. The normalized spacial score (nSPS) is 11.7. The van der Waals surface area contributed by atoms with Gasteiger partial charge in [0, 0.05) is 19.2 Å². The van der Waals surface area contributed by atoms with Gasteiger partial charge in [0.05, 0.1) is 4.92 Å². The molecule has 0 saturated carbocycles. The van der Waals surface area contributed by atoms with Crippen LogP contribution in [0.5, 0.6) is 0 Å². The van der Waals surface area contributed by atoms with E-state index < -0.39 is 10.9 Å². The molecule has 0 heterocycles. The third-order valence-corrected chi connectivity index (χ3v) is 4.00. The SMILES string of the molecule is CC(C)C(C)(C)CNCc1cccc([N+](=O)[O-])c1C(=O)O. The summed E-state index contributed by atoms with van der Waals surface area (Å²) in [5.41, 5.74) is -0.122. The molecule has 0 radical (unpaired) electrons. The maximum atomic E-state index is 11.3. The Morgan fingerprint density at radius 1 is 1.43 bits per heavy atom. The Hall–Kier alpha value is -1.95. The van der Waals surface area contributed by atoms with Crippen molar-refractivity contribution in [2.45, 2.75) is 34.2 Å². The maximum absolute atomic E-state index is 11.3. The van der Waals surface area contributed by atoms with Crippen LogP contribution >= 0.6 is 0 Å². The van der Waals surface area contributed by atoms with Gasteiger partial charge >= 0.3 is 5.97 Å². The van der Waals surface area contributed by atoms with E-state index in [0.29, 0.717) is 24.6 Å². The van der Waals surface area contributed by atoms with E-state index >= 15 is 0 Å². The summed E-state index contributed by atoms with van der Waals surface area (Å²) in [5, 5.41) is 23.3. The number of carbonyl (C=O) groups is 1. The monoisotopic (exact) mass is 294 g/mol. The Kier molecular flexibility index (Phi) is 5.43. The summed E-state index contributed by atoms with van der Waals surface area (Å²) in [5.74, 6) is -0.809. The van der Waals surface area contributed by atoms with Gasteiger partial charge in [-0.25, -0.2) is 4.79 Å². The van der Waals surface area contributed by atoms with Crippen LogP contribution in [-0.2, 0) is 6.54 Å². The van der Waals surface area contributed by atoms with Crippen molar-refractivity contribution >= 4 is 11.7 Å². The van der Waals surface area contributed by atoms with Crippen LogP contribution in [0, 0.1) is 21.4 Å². The first-order chi connectivity index (χ1) is 9.66. The Balaban J connectivity index is 2.92. The van der Waals surface area contributed by atoms with Crippen molar-refractivity contribution < 1.29 is 14.8 Å². The van der Waals surface area contributed by atoms with Gasteiger partial charge in [0.25, 0.3) is 5.69 Å². The van der Waals surface area contributed by atoms with Crippen LogP contribution in [0.4, 0.5) is 5.69 Å². The fraction of sp³-hybridized carbons (Fsp3) is 0.533. The van der Waals surface area contributed by atoms with Gasteiger partial charge < -0.3 is 10.4 Å². The topological polar surface area (TPSA) is 92.5 Å². The minimum absolute atomic E-state index is 0.0596. The summed E-state index contributed by atoms with van der Waals surface area (Å²) in [4.78, 5) is 21.5. The zero-order chi connectivity index (χ0) is 16.2. The molecule has 0 amide bonds. The third kappa shape index (κ3) is 4.26. The van der Waals surface area contributed by atoms with E-state index in [1.54, 1.807) is 6.07 Å². The second-order valence-corrected chi connectivity index (χ2v) is 6.12.